The van der Waals surface area contributed by atoms with Crippen LogP contribution in [0.25, 0.3) is 0 Å². The Morgan fingerprint density at radius 3 is 2.93 bits per heavy atom. The first kappa shape index (κ1) is 12.4. The predicted molar refractivity (Wildman–Crippen MR) is 54.8 cm³/mol. The SMILES string of the molecule is CC1CN(C(C)C(=O)NN)CC(CO)O1. The van der Waals surface area contributed by atoms with Crippen LogP contribution < -0.4 is 11.3 Å². The molecule has 0 bridgehead atoms. The largest absolute Gasteiger partial charge is 0.394 e. The lowest BCUT2D eigenvalue weighted by molar-refractivity contribution is -0.135. The molecule has 0 aromatic heterocycles. The maximum atomic E-state index is 11.3. The van der Waals surface area contributed by atoms with E-state index in [2.05, 4.69) is 5.43 Å². The first-order valence-corrected chi connectivity index (χ1v) is 5.09. The zero-order valence-corrected chi connectivity index (χ0v) is 9.14. The van der Waals surface area contributed by atoms with Crippen LogP contribution in [0.1, 0.15) is 13.8 Å². The van der Waals surface area contributed by atoms with Crippen molar-refractivity contribution in [3.05, 3.63) is 0 Å². The van der Waals surface area contributed by atoms with Crippen molar-refractivity contribution in [1.29, 1.82) is 0 Å². The Labute approximate surface area is 89.3 Å². The molecule has 6 nitrogen and oxygen atoms in total. The van der Waals surface area contributed by atoms with Crippen LogP contribution in [0.3, 0.4) is 0 Å². The lowest BCUT2D eigenvalue weighted by atomic mass is 10.1. The van der Waals surface area contributed by atoms with Gasteiger partial charge < -0.3 is 9.84 Å². The number of carbonyl (C=O) groups excluding carboxylic acids is 1. The molecule has 3 atom stereocenters. The molecule has 0 spiro atoms. The molecule has 15 heavy (non-hydrogen) atoms. The molecule has 0 aliphatic carbocycles. The van der Waals surface area contributed by atoms with Crippen molar-refractivity contribution in [2.45, 2.75) is 32.1 Å². The fraction of sp³-hybridized carbons (Fsp3) is 0.889. The first-order chi connectivity index (χ1) is 7.08. The van der Waals surface area contributed by atoms with Crippen molar-refractivity contribution >= 4 is 5.91 Å². The van der Waals surface area contributed by atoms with Gasteiger partial charge in [-0.2, -0.15) is 0 Å². The second kappa shape index (κ2) is 5.41. The number of nitrogens with zero attached hydrogens (tertiary/aromatic N) is 1. The van der Waals surface area contributed by atoms with Gasteiger partial charge in [-0.3, -0.25) is 15.1 Å². The molecule has 1 aliphatic heterocycles. The predicted octanol–water partition coefficient (Wildman–Crippen LogP) is -1.55. The molecule has 0 aromatic carbocycles. The van der Waals surface area contributed by atoms with E-state index in [4.69, 9.17) is 15.7 Å². The van der Waals surface area contributed by atoms with Gasteiger partial charge in [0.25, 0.3) is 5.91 Å². The summed E-state index contributed by atoms with van der Waals surface area (Å²) in [5.74, 6) is 4.85. The molecule has 6 heteroatoms. The number of morpholine rings is 1. The van der Waals surface area contributed by atoms with Gasteiger partial charge in [0.2, 0.25) is 0 Å². The van der Waals surface area contributed by atoms with Gasteiger partial charge in [0.1, 0.15) is 0 Å². The molecule has 88 valence electrons. The Morgan fingerprint density at radius 1 is 1.73 bits per heavy atom. The van der Waals surface area contributed by atoms with Gasteiger partial charge >= 0.3 is 0 Å². The van der Waals surface area contributed by atoms with Gasteiger partial charge in [0, 0.05) is 13.1 Å². The van der Waals surface area contributed by atoms with E-state index in [0.29, 0.717) is 13.1 Å². The fourth-order valence-electron chi connectivity index (χ4n) is 1.78. The fourth-order valence-corrected chi connectivity index (χ4v) is 1.78. The van der Waals surface area contributed by atoms with E-state index >= 15 is 0 Å². The molecule has 0 radical (unpaired) electrons. The van der Waals surface area contributed by atoms with Crippen LogP contribution in [0.5, 0.6) is 0 Å². The molecule has 1 saturated heterocycles. The Kier molecular flexibility index (Phi) is 4.46. The molecule has 0 aromatic rings. The minimum atomic E-state index is -0.296. The Morgan fingerprint density at radius 2 is 2.40 bits per heavy atom. The summed E-state index contributed by atoms with van der Waals surface area (Å²) in [6.07, 6.45) is -0.203. The van der Waals surface area contributed by atoms with Crippen LogP contribution in [0.4, 0.5) is 0 Å². The minimum Gasteiger partial charge on any atom is -0.394 e. The number of rotatable bonds is 3. The summed E-state index contributed by atoms with van der Waals surface area (Å²) in [5.41, 5.74) is 2.13. The molecule has 1 heterocycles. The molecule has 4 N–H and O–H groups in total. The van der Waals surface area contributed by atoms with Crippen molar-refractivity contribution in [2.24, 2.45) is 5.84 Å². The van der Waals surface area contributed by atoms with Gasteiger partial charge in [0.05, 0.1) is 24.9 Å². The maximum Gasteiger partial charge on any atom is 0.250 e. The van der Waals surface area contributed by atoms with Crippen LogP contribution >= 0.6 is 0 Å². The van der Waals surface area contributed by atoms with Gasteiger partial charge in [-0.1, -0.05) is 0 Å². The van der Waals surface area contributed by atoms with E-state index in [1.165, 1.54) is 0 Å². The lowest BCUT2D eigenvalue weighted by Gasteiger charge is -2.38. The third-order valence-corrected chi connectivity index (χ3v) is 2.63. The summed E-state index contributed by atoms with van der Waals surface area (Å²) >= 11 is 0. The van der Waals surface area contributed by atoms with Crippen molar-refractivity contribution in [3.63, 3.8) is 0 Å². The minimum absolute atomic E-state index is 0.0175. The standard InChI is InChI=1S/C9H19N3O3/c1-6-3-12(4-8(5-13)15-6)7(2)9(14)11-10/h6-8,13H,3-5,10H2,1-2H3,(H,11,14). The first-order valence-electron chi connectivity index (χ1n) is 5.09. The highest BCUT2D eigenvalue weighted by Gasteiger charge is 2.30. The third kappa shape index (κ3) is 3.13. The van der Waals surface area contributed by atoms with Crippen molar-refractivity contribution in [3.8, 4) is 0 Å². The Bertz CT molecular complexity index is 225. The number of hydrogen-bond acceptors (Lipinski definition) is 5. The molecule has 1 rings (SSSR count). The summed E-state index contributed by atoms with van der Waals surface area (Å²) in [7, 11) is 0. The molecular formula is C9H19N3O3. The summed E-state index contributed by atoms with van der Waals surface area (Å²) in [6, 6.07) is -0.296. The Balaban J connectivity index is 2.57. The molecule has 1 fully saturated rings. The summed E-state index contributed by atoms with van der Waals surface area (Å²) in [4.78, 5) is 13.3. The molecular weight excluding hydrogens is 198 g/mol. The Hall–Kier alpha value is -0.690. The number of nitrogens with one attached hydrogen (secondary N) is 1. The van der Waals surface area contributed by atoms with Crippen LogP contribution in [0.15, 0.2) is 0 Å². The number of carbonyl (C=O) groups is 1. The summed E-state index contributed by atoms with van der Waals surface area (Å²) in [5, 5.41) is 9.03. The number of amides is 1. The van der Waals surface area contributed by atoms with E-state index in [1.807, 2.05) is 11.8 Å². The highest BCUT2D eigenvalue weighted by atomic mass is 16.5. The second-order valence-corrected chi connectivity index (χ2v) is 3.89. The highest BCUT2D eigenvalue weighted by molar-refractivity contribution is 5.80. The average Bonchev–Trinajstić information content (AvgIpc) is 2.26. The number of aliphatic hydroxyl groups excluding tert-OH is 1. The zero-order valence-electron chi connectivity index (χ0n) is 9.14. The number of hydrogen-bond donors (Lipinski definition) is 3. The zero-order chi connectivity index (χ0) is 11.4. The molecule has 1 aliphatic rings. The van der Waals surface area contributed by atoms with Gasteiger partial charge in [-0.15, -0.1) is 0 Å². The van der Waals surface area contributed by atoms with Gasteiger partial charge in [-0.25, -0.2) is 5.84 Å². The maximum absolute atomic E-state index is 11.3. The number of ether oxygens (including phenoxy) is 1. The van der Waals surface area contributed by atoms with Crippen LogP contribution in [-0.2, 0) is 9.53 Å². The van der Waals surface area contributed by atoms with E-state index in [9.17, 15) is 4.79 Å². The second-order valence-electron chi connectivity index (χ2n) is 3.89. The van der Waals surface area contributed by atoms with Gasteiger partial charge in [-0.05, 0) is 13.8 Å². The van der Waals surface area contributed by atoms with Crippen LogP contribution in [0, 0.1) is 0 Å². The van der Waals surface area contributed by atoms with Crippen molar-refractivity contribution in [2.75, 3.05) is 19.7 Å². The van der Waals surface area contributed by atoms with Crippen molar-refractivity contribution < 1.29 is 14.6 Å². The van der Waals surface area contributed by atoms with E-state index in [1.54, 1.807) is 6.92 Å². The van der Waals surface area contributed by atoms with E-state index < -0.39 is 0 Å². The summed E-state index contributed by atoms with van der Waals surface area (Å²) in [6.45, 7) is 4.90. The average molecular weight is 217 g/mol. The van der Waals surface area contributed by atoms with Crippen molar-refractivity contribution in [1.82, 2.24) is 10.3 Å². The smallest absolute Gasteiger partial charge is 0.250 e. The molecule has 3 unspecified atom stereocenters. The van der Waals surface area contributed by atoms with E-state index in [-0.39, 0.29) is 30.8 Å². The normalized spacial score (nSPS) is 29.9. The third-order valence-electron chi connectivity index (χ3n) is 2.63. The quantitative estimate of drug-likeness (QED) is 0.302. The summed E-state index contributed by atoms with van der Waals surface area (Å²) < 4.78 is 5.47. The van der Waals surface area contributed by atoms with Gasteiger partial charge in [0.15, 0.2) is 0 Å². The van der Waals surface area contributed by atoms with Crippen LogP contribution in [-0.4, -0.2) is 53.9 Å². The molecule has 1 amide bonds. The monoisotopic (exact) mass is 217 g/mol. The number of hydrazine groups is 1. The topological polar surface area (TPSA) is 87.8 Å². The molecule has 0 saturated carbocycles. The van der Waals surface area contributed by atoms with Crippen LogP contribution in [0.2, 0.25) is 0 Å². The lowest BCUT2D eigenvalue weighted by Crippen LogP contribution is -2.56. The highest BCUT2D eigenvalue weighted by Crippen LogP contribution is 2.13. The number of aliphatic hydroxyl groups is 1. The number of nitrogens with two attached hydrogens (primary N) is 1. The van der Waals surface area contributed by atoms with E-state index in [0.717, 1.165) is 0 Å².